The van der Waals surface area contributed by atoms with Crippen LogP contribution < -0.4 is 5.32 Å². The van der Waals surface area contributed by atoms with Gasteiger partial charge in [0.2, 0.25) is 11.8 Å². The average molecular weight is 272 g/mol. The molecule has 1 aliphatic heterocycles. The Labute approximate surface area is 119 Å². The van der Waals surface area contributed by atoms with Crippen LogP contribution in [0.2, 0.25) is 0 Å². The number of aryl methyl sites for hydroxylation is 2. The van der Waals surface area contributed by atoms with Crippen molar-refractivity contribution in [2.75, 3.05) is 6.54 Å². The zero-order valence-electron chi connectivity index (χ0n) is 12.0. The number of hydrogen-bond donors (Lipinski definition) is 1. The van der Waals surface area contributed by atoms with Crippen molar-refractivity contribution < 1.29 is 9.59 Å². The zero-order chi connectivity index (χ0) is 14.3. The van der Waals surface area contributed by atoms with Gasteiger partial charge < -0.3 is 0 Å². The van der Waals surface area contributed by atoms with Crippen molar-refractivity contribution in [3.63, 3.8) is 0 Å². The van der Waals surface area contributed by atoms with Crippen LogP contribution in [0.5, 0.6) is 0 Å². The number of carbonyl (C=O) groups is 2. The molecule has 2 aliphatic rings. The molecule has 20 heavy (non-hydrogen) atoms. The van der Waals surface area contributed by atoms with Gasteiger partial charge in [0.25, 0.3) is 0 Å². The van der Waals surface area contributed by atoms with Crippen LogP contribution in [0.25, 0.3) is 0 Å². The second-order valence-electron chi connectivity index (χ2n) is 6.22. The standard InChI is InChI=1S/C16H20N2O2/c1-16(2)15(20)18(14(19)9-17-16)10-11-6-7-12-4-3-5-13(12)8-11/h6-8,17H,3-5,9-10H2,1-2H3. The van der Waals surface area contributed by atoms with Gasteiger partial charge in [-0.15, -0.1) is 0 Å². The van der Waals surface area contributed by atoms with E-state index >= 15 is 0 Å². The van der Waals surface area contributed by atoms with Gasteiger partial charge in [0.1, 0.15) is 0 Å². The van der Waals surface area contributed by atoms with E-state index in [0.29, 0.717) is 6.54 Å². The van der Waals surface area contributed by atoms with Crippen LogP contribution in [0.3, 0.4) is 0 Å². The van der Waals surface area contributed by atoms with Gasteiger partial charge in [-0.2, -0.15) is 0 Å². The summed E-state index contributed by atoms with van der Waals surface area (Å²) in [5.41, 5.74) is 3.17. The van der Waals surface area contributed by atoms with Gasteiger partial charge in [0.15, 0.2) is 0 Å². The summed E-state index contributed by atoms with van der Waals surface area (Å²) in [5.74, 6) is -0.288. The topological polar surface area (TPSA) is 49.4 Å². The number of rotatable bonds is 2. The maximum atomic E-state index is 12.3. The number of piperazine rings is 1. The monoisotopic (exact) mass is 272 g/mol. The van der Waals surface area contributed by atoms with Gasteiger partial charge in [0, 0.05) is 0 Å². The third kappa shape index (κ3) is 2.24. The summed E-state index contributed by atoms with van der Waals surface area (Å²) in [6.07, 6.45) is 3.46. The number of imide groups is 1. The van der Waals surface area contributed by atoms with Crippen molar-refractivity contribution in [2.24, 2.45) is 0 Å². The van der Waals surface area contributed by atoms with Crippen molar-refractivity contribution in [3.8, 4) is 0 Å². The van der Waals surface area contributed by atoms with Crippen LogP contribution in [0.1, 0.15) is 37.0 Å². The van der Waals surface area contributed by atoms with Crippen LogP contribution in [0.15, 0.2) is 18.2 Å². The molecular formula is C16H20N2O2. The van der Waals surface area contributed by atoms with Crippen molar-refractivity contribution in [2.45, 2.75) is 45.2 Å². The number of carbonyl (C=O) groups excluding carboxylic acids is 2. The smallest absolute Gasteiger partial charge is 0.249 e. The van der Waals surface area contributed by atoms with Crippen LogP contribution in [-0.2, 0) is 29.0 Å². The second-order valence-corrected chi connectivity index (χ2v) is 6.22. The van der Waals surface area contributed by atoms with E-state index in [1.54, 1.807) is 0 Å². The molecule has 0 spiro atoms. The van der Waals surface area contributed by atoms with E-state index in [2.05, 4.69) is 17.4 Å². The van der Waals surface area contributed by atoms with Crippen molar-refractivity contribution in [1.29, 1.82) is 0 Å². The van der Waals surface area contributed by atoms with Crippen LogP contribution in [0, 0.1) is 0 Å². The fourth-order valence-electron chi connectivity index (χ4n) is 2.98. The third-order valence-electron chi connectivity index (χ3n) is 4.27. The molecule has 4 nitrogen and oxygen atoms in total. The lowest BCUT2D eigenvalue weighted by Crippen LogP contribution is -2.63. The minimum Gasteiger partial charge on any atom is -0.295 e. The molecule has 0 saturated carbocycles. The number of nitrogens with one attached hydrogen (secondary N) is 1. The van der Waals surface area contributed by atoms with Gasteiger partial charge >= 0.3 is 0 Å². The third-order valence-corrected chi connectivity index (χ3v) is 4.27. The van der Waals surface area contributed by atoms with Crippen molar-refractivity contribution in [1.82, 2.24) is 10.2 Å². The molecule has 1 aromatic rings. The Morgan fingerprint density at radius 3 is 2.75 bits per heavy atom. The molecule has 2 amide bonds. The molecule has 0 bridgehead atoms. The Bertz CT molecular complexity index is 578. The molecule has 0 atom stereocenters. The summed E-state index contributed by atoms with van der Waals surface area (Å²) >= 11 is 0. The highest BCUT2D eigenvalue weighted by atomic mass is 16.2. The molecule has 0 radical (unpaired) electrons. The van der Waals surface area contributed by atoms with Crippen LogP contribution in [0.4, 0.5) is 0 Å². The lowest BCUT2D eigenvalue weighted by Gasteiger charge is -2.36. The quantitative estimate of drug-likeness (QED) is 0.828. The number of fused-ring (bicyclic) bond motifs is 1. The van der Waals surface area contributed by atoms with Gasteiger partial charge in [-0.1, -0.05) is 18.2 Å². The van der Waals surface area contributed by atoms with E-state index < -0.39 is 5.54 Å². The summed E-state index contributed by atoms with van der Waals surface area (Å²) in [7, 11) is 0. The molecular weight excluding hydrogens is 252 g/mol. The molecule has 0 aromatic heterocycles. The zero-order valence-corrected chi connectivity index (χ0v) is 12.0. The molecule has 1 heterocycles. The molecule has 1 aromatic carbocycles. The predicted octanol–water partition coefficient (Wildman–Crippen LogP) is 1.41. The van der Waals surface area contributed by atoms with E-state index in [4.69, 9.17) is 0 Å². The molecule has 4 heteroatoms. The highest BCUT2D eigenvalue weighted by molar-refractivity contribution is 6.02. The molecule has 1 saturated heterocycles. The summed E-state index contributed by atoms with van der Waals surface area (Å²) in [4.78, 5) is 25.7. The van der Waals surface area contributed by atoms with E-state index in [1.807, 2.05) is 19.9 Å². The van der Waals surface area contributed by atoms with Crippen LogP contribution >= 0.6 is 0 Å². The average Bonchev–Trinajstić information content (AvgIpc) is 2.87. The highest BCUT2D eigenvalue weighted by Gasteiger charge is 2.39. The predicted molar refractivity (Wildman–Crippen MR) is 76.1 cm³/mol. The van der Waals surface area contributed by atoms with Crippen molar-refractivity contribution in [3.05, 3.63) is 34.9 Å². The molecule has 0 unspecified atom stereocenters. The molecule has 1 aliphatic carbocycles. The first-order chi connectivity index (χ1) is 9.47. The number of amides is 2. The van der Waals surface area contributed by atoms with Gasteiger partial charge in [-0.25, -0.2) is 0 Å². The first kappa shape index (κ1) is 13.3. The summed E-state index contributed by atoms with van der Waals surface area (Å²) in [5, 5.41) is 2.97. The van der Waals surface area contributed by atoms with Gasteiger partial charge in [-0.3, -0.25) is 19.8 Å². The first-order valence-electron chi connectivity index (χ1n) is 7.18. The maximum Gasteiger partial charge on any atom is 0.249 e. The molecule has 3 rings (SSSR count). The largest absolute Gasteiger partial charge is 0.295 e. The highest BCUT2D eigenvalue weighted by Crippen LogP contribution is 2.24. The Balaban J connectivity index is 1.82. The lowest BCUT2D eigenvalue weighted by molar-refractivity contribution is -0.153. The molecule has 1 N–H and O–H groups in total. The number of nitrogens with zero attached hydrogens (tertiary/aromatic N) is 1. The fraction of sp³-hybridized carbons (Fsp3) is 0.500. The van der Waals surface area contributed by atoms with Crippen molar-refractivity contribution >= 4 is 11.8 Å². The van der Waals surface area contributed by atoms with E-state index in [9.17, 15) is 9.59 Å². The van der Waals surface area contributed by atoms with Crippen LogP contribution in [-0.4, -0.2) is 28.8 Å². The Morgan fingerprint density at radius 1 is 1.20 bits per heavy atom. The van der Waals surface area contributed by atoms with E-state index in [1.165, 1.54) is 22.4 Å². The summed E-state index contributed by atoms with van der Waals surface area (Å²) < 4.78 is 0. The Morgan fingerprint density at radius 2 is 1.95 bits per heavy atom. The normalized spacial score (nSPS) is 21.2. The van der Waals surface area contributed by atoms with E-state index in [-0.39, 0.29) is 18.4 Å². The number of benzene rings is 1. The SMILES string of the molecule is CC1(C)NCC(=O)N(Cc2ccc3c(c2)CCC3)C1=O. The fourth-order valence-corrected chi connectivity index (χ4v) is 2.98. The minimum absolute atomic E-state index is 0.144. The minimum atomic E-state index is -0.662. The summed E-state index contributed by atoms with van der Waals surface area (Å²) in [6.45, 7) is 4.24. The molecule has 106 valence electrons. The number of hydrogen-bond acceptors (Lipinski definition) is 3. The van der Waals surface area contributed by atoms with E-state index in [0.717, 1.165) is 18.4 Å². The Kier molecular flexibility index (Phi) is 3.13. The summed E-state index contributed by atoms with van der Waals surface area (Å²) in [6, 6.07) is 6.33. The Hall–Kier alpha value is -1.68. The lowest BCUT2D eigenvalue weighted by atomic mass is 9.99. The molecule has 1 fully saturated rings. The van der Waals surface area contributed by atoms with Gasteiger partial charge in [0.05, 0.1) is 18.6 Å². The van der Waals surface area contributed by atoms with Gasteiger partial charge in [-0.05, 0) is 49.8 Å². The second kappa shape index (κ2) is 4.70. The first-order valence-corrected chi connectivity index (χ1v) is 7.18. The maximum absolute atomic E-state index is 12.3.